The van der Waals surface area contributed by atoms with Gasteiger partial charge in [0.2, 0.25) is 5.13 Å². The summed E-state index contributed by atoms with van der Waals surface area (Å²) in [5.41, 5.74) is 4.15. The maximum absolute atomic E-state index is 4.62. The molecule has 18 heavy (non-hydrogen) atoms. The van der Waals surface area contributed by atoms with Crippen LogP contribution in [0.4, 0.5) is 0 Å². The van der Waals surface area contributed by atoms with Crippen LogP contribution in [0, 0.1) is 13.8 Å². The van der Waals surface area contributed by atoms with Crippen LogP contribution < -0.4 is 0 Å². The van der Waals surface area contributed by atoms with Crippen molar-refractivity contribution in [3.8, 4) is 16.4 Å². The fourth-order valence-electron chi connectivity index (χ4n) is 1.84. The zero-order valence-corrected chi connectivity index (χ0v) is 11.0. The van der Waals surface area contributed by atoms with Gasteiger partial charge < -0.3 is 0 Å². The van der Waals surface area contributed by atoms with Gasteiger partial charge in [0.05, 0.1) is 11.4 Å². The van der Waals surface area contributed by atoms with Gasteiger partial charge in [-0.2, -0.15) is 5.10 Å². The summed E-state index contributed by atoms with van der Waals surface area (Å²) < 4.78 is 1.88. The molecule has 0 saturated heterocycles. The van der Waals surface area contributed by atoms with Crippen LogP contribution in [0.2, 0.25) is 0 Å². The van der Waals surface area contributed by atoms with Gasteiger partial charge in [0.1, 0.15) is 0 Å². The van der Waals surface area contributed by atoms with Gasteiger partial charge in [-0.25, -0.2) is 9.67 Å². The Morgan fingerprint density at radius 1 is 1.17 bits per heavy atom. The Morgan fingerprint density at radius 3 is 2.61 bits per heavy atom. The molecule has 0 spiro atoms. The molecule has 0 aliphatic rings. The molecule has 0 aliphatic carbocycles. The number of aromatic nitrogens is 4. The molecule has 0 fully saturated rings. The Balaban J connectivity index is 2.02. The summed E-state index contributed by atoms with van der Waals surface area (Å²) in [5.74, 6) is 0. The van der Waals surface area contributed by atoms with Crippen molar-refractivity contribution < 1.29 is 0 Å². The molecule has 0 atom stereocenters. The van der Waals surface area contributed by atoms with Crippen molar-refractivity contribution in [3.63, 3.8) is 0 Å². The second-order valence-electron chi connectivity index (χ2n) is 4.09. The SMILES string of the molecule is Cc1cc(C)n(-c2nc(-c3ccncc3)cs2)n1. The van der Waals surface area contributed by atoms with Crippen molar-refractivity contribution in [2.45, 2.75) is 13.8 Å². The lowest BCUT2D eigenvalue weighted by Gasteiger charge is -1.98. The second kappa shape index (κ2) is 4.34. The molecule has 3 heterocycles. The van der Waals surface area contributed by atoms with E-state index >= 15 is 0 Å². The Kier molecular flexibility index (Phi) is 2.68. The third-order valence-corrected chi connectivity index (χ3v) is 3.48. The van der Waals surface area contributed by atoms with Crippen LogP contribution in [0.1, 0.15) is 11.4 Å². The molecule has 0 unspecified atom stereocenters. The van der Waals surface area contributed by atoms with E-state index in [4.69, 9.17) is 0 Å². The number of aryl methyl sites for hydroxylation is 2. The van der Waals surface area contributed by atoms with Crippen LogP contribution in [0.25, 0.3) is 16.4 Å². The van der Waals surface area contributed by atoms with Gasteiger partial charge in [0, 0.05) is 29.0 Å². The molecule has 0 aromatic carbocycles. The third-order valence-electron chi connectivity index (χ3n) is 2.66. The fraction of sp³-hybridized carbons (Fsp3) is 0.154. The molecule has 0 N–H and O–H groups in total. The number of thiazole rings is 1. The van der Waals surface area contributed by atoms with Crippen LogP contribution in [-0.2, 0) is 0 Å². The first-order chi connectivity index (χ1) is 8.74. The molecular weight excluding hydrogens is 244 g/mol. The van der Waals surface area contributed by atoms with Gasteiger partial charge >= 0.3 is 0 Å². The lowest BCUT2D eigenvalue weighted by atomic mass is 10.2. The molecule has 0 bridgehead atoms. The third kappa shape index (κ3) is 1.93. The Bertz CT molecular complexity index is 669. The van der Waals surface area contributed by atoms with Crippen molar-refractivity contribution in [1.82, 2.24) is 19.7 Å². The Hall–Kier alpha value is -2.01. The standard InChI is InChI=1S/C13H12N4S/c1-9-7-10(2)17(16-9)13-15-12(8-18-13)11-3-5-14-6-4-11/h3-8H,1-2H3. The summed E-state index contributed by atoms with van der Waals surface area (Å²) in [6, 6.07) is 5.97. The van der Waals surface area contributed by atoms with E-state index in [1.54, 1.807) is 23.7 Å². The van der Waals surface area contributed by atoms with Gasteiger partial charge in [-0.15, -0.1) is 11.3 Å². The number of hydrogen-bond donors (Lipinski definition) is 0. The van der Waals surface area contributed by atoms with Crippen LogP contribution in [0.5, 0.6) is 0 Å². The van der Waals surface area contributed by atoms with Crippen molar-refractivity contribution >= 4 is 11.3 Å². The fourth-order valence-corrected chi connectivity index (χ4v) is 2.68. The molecule has 3 rings (SSSR count). The highest BCUT2D eigenvalue weighted by Gasteiger charge is 2.09. The quantitative estimate of drug-likeness (QED) is 0.708. The molecule has 4 nitrogen and oxygen atoms in total. The zero-order chi connectivity index (χ0) is 12.5. The molecule has 3 aromatic rings. The Labute approximate surface area is 109 Å². The molecule has 0 saturated carbocycles. The molecule has 90 valence electrons. The summed E-state index contributed by atoms with van der Waals surface area (Å²) >= 11 is 1.59. The highest BCUT2D eigenvalue weighted by Crippen LogP contribution is 2.24. The molecule has 0 amide bonds. The monoisotopic (exact) mass is 256 g/mol. The molecule has 5 heteroatoms. The highest BCUT2D eigenvalue weighted by molar-refractivity contribution is 7.12. The first-order valence-electron chi connectivity index (χ1n) is 5.63. The van der Waals surface area contributed by atoms with Crippen molar-refractivity contribution in [2.75, 3.05) is 0 Å². The van der Waals surface area contributed by atoms with E-state index in [2.05, 4.69) is 15.1 Å². The number of pyridine rings is 1. The van der Waals surface area contributed by atoms with Gasteiger partial charge in [-0.1, -0.05) is 0 Å². The highest BCUT2D eigenvalue weighted by atomic mass is 32.1. The maximum atomic E-state index is 4.62. The van der Waals surface area contributed by atoms with E-state index in [1.165, 1.54) is 0 Å². The van der Waals surface area contributed by atoms with E-state index in [9.17, 15) is 0 Å². The van der Waals surface area contributed by atoms with E-state index in [0.717, 1.165) is 27.8 Å². The summed E-state index contributed by atoms with van der Waals surface area (Å²) in [6.07, 6.45) is 3.55. The minimum Gasteiger partial charge on any atom is -0.265 e. The largest absolute Gasteiger partial charge is 0.265 e. The lowest BCUT2D eigenvalue weighted by Crippen LogP contribution is -1.98. The number of nitrogens with zero attached hydrogens (tertiary/aromatic N) is 4. The van der Waals surface area contributed by atoms with E-state index in [1.807, 2.05) is 42.1 Å². The minimum atomic E-state index is 0.896. The van der Waals surface area contributed by atoms with Crippen molar-refractivity contribution in [2.24, 2.45) is 0 Å². The topological polar surface area (TPSA) is 43.6 Å². The van der Waals surface area contributed by atoms with Gasteiger partial charge in [-0.3, -0.25) is 4.98 Å². The zero-order valence-electron chi connectivity index (χ0n) is 10.2. The van der Waals surface area contributed by atoms with Crippen LogP contribution in [-0.4, -0.2) is 19.7 Å². The summed E-state index contributed by atoms with van der Waals surface area (Å²) in [4.78, 5) is 8.63. The summed E-state index contributed by atoms with van der Waals surface area (Å²) in [5, 5.41) is 7.38. The first kappa shape index (κ1) is 11.1. The average Bonchev–Trinajstić information content (AvgIpc) is 2.97. The number of hydrogen-bond acceptors (Lipinski definition) is 4. The van der Waals surface area contributed by atoms with E-state index < -0.39 is 0 Å². The normalized spacial score (nSPS) is 10.8. The summed E-state index contributed by atoms with van der Waals surface area (Å²) in [7, 11) is 0. The molecule has 0 aliphatic heterocycles. The lowest BCUT2D eigenvalue weighted by molar-refractivity contribution is 0.826. The van der Waals surface area contributed by atoms with Crippen molar-refractivity contribution in [3.05, 3.63) is 47.4 Å². The van der Waals surface area contributed by atoms with Gasteiger partial charge in [0.15, 0.2) is 0 Å². The van der Waals surface area contributed by atoms with E-state index in [0.29, 0.717) is 0 Å². The van der Waals surface area contributed by atoms with Crippen LogP contribution >= 0.6 is 11.3 Å². The van der Waals surface area contributed by atoms with Crippen LogP contribution in [0.3, 0.4) is 0 Å². The van der Waals surface area contributed by atoms with Gasteiger partial charge in [0.25, 0.3) is 0 Å². The molecular formula is C13H12N4S. The second-order valence-corrected chi connectivity index (χ2v) is 4.93. The van der Waals surface area contributed by atoms with Gasteiger partial charge in [-0.05, 0) is 32.0 Å². The van der Waals surface area contributed by atoms with Crippen molar-refractivity contribution in [1.29, 1.82) is 0 Å². The predicted molar refractivity (Wildman–Crippen MR) is 71.9 cm³/mol. The molecule has 0 radical (unpaired) electrons. The van der Waals surface area contributed by atoms with E-state index in [-0.39, 0.29) is 0 Å². The molecule has 3 aromatic heterocycles. The maximum Gasteiger partial charge on any atom is 0.211 e. The summed E-state index contributed by atoms with van der Waals surface area (Å²) in [6.45, 7) is 4.02. The minimum absolute atomic E-state index is 0.896. The smallest absolute Gasteiger partial charge is 0.211 e. The average molecular weight is 256 g/mol. The first-order valence-corrected chi connectivity index (χ1v) is 6.51. The number of rotatable bonds is 2. The van der Waals surface area contributed by atoms with Crippen LogP contribution in [0.15, 0.2) is 36.0 Å². The Morgan fingerprint density at radius 2 is 1.94 bits per heavy atom. The predicted octanol–water partition coefficient (Wildman–Crippen LogP) is 3.01.